The fourth-order valence-corrected chi connectivity index (χ4v) is 2.18. The van der Waals surface area contributed by atoms with Gasteiger partial charge < -0.3 is 10.2 Å². The first-order valence-corrected chi connectivity index (χ1v) is 6.99. The average molecular weight is 258 g/mol. The molecule has 4 nitrogen and oxygen atoms in total. The highest BCUT2D eigenvalue weighted by Crippen LogP contribution is 2.22. The summed E-state index contributed by atoms with van der Waals surface area (Å²) in [6, 6.07) is 0. The summed E-state index contributed by atoms with van der Waals surface area (Å²) in [6.45, 7) is 2.15. The lowest BCUT2D eigenvalue weighted by Gasteiger charge is -2.15. The topological polar surface area (TPSA) is 74.6 Å². The van der Waals surface area contributed by atoms with Gasteiger partial charge in [-0.1, -0.05) is 39.0 Å². The van der Waals surface area contributed by atoms with E-state index in [0.717, 1.165) is 44.9 Å². The van der Waals surface area contributed by atoms with Crippen molar-refractivity contribution in [2.75, 3.05) is 0 Å². The molecule has 4 heteroatoms. The van der Waals surface area contributed by atoms with Gasteiger partial charge >= 0.3 is 11.9 Å². The van der Waals surface area contributed by atoms with E-state index in [1.54, 1.807) is 0 Å². The maximum Gasteiger partial charge on any atom is 0.303 e. The fourth-order valence-electron chi connectivity index (χ4n) is 2.18. The first-order valence-electron chi connectivity index (χ1n) is 6.99. The molecule has 0 bridgehead atoms. The Balaban J connectivity index is 3.75. The minimum Gasteiger partial charge on any atom is -0.481 e. The lowest BCUT2D eigenvalue weighted by atomic mass is 9.90. The Hall–Kier alpha value is -1.06. The number of aliphatic carboxylic acids is 2. The summed E-state index contributed by atoms with van der Waals surface area (Å²) in [7, 11) is 0. The number of unbranched alkanes of at least 4 members (excludes halogenated alkanes) is 2. The van der Waals surface area contributed by atoms with Crippen LogP contribution in [0.15, 0.2) is 0 Å². The average Bonchev–Trinajstić information content (AvgIpc) is 2.29. The van der Waals surface area contributed by atoms with Crippen molar-refractivity contribution in [1.82, 2.24) is 0 Å². The van der Waals surface area contributed by atoms with Crippen molar-refractivity contribution in [1.29, 1.82) is 0 Å². The number of carboxylic acids is 2. The minimum atomic E-state index is -0.731. The standard InChI is InChI=1S/C14H26O4/c1-2-3-7-12(9-6-11-14(17)18)8-4-5-10-13(15)16/h12H,2-11H2,1H3,(H,15,16)(H,17,18). The summed E-state index contributed by atoms with van der Waals surface area (Å²) >= 11 is 0. The molecule has 0 saturated carbocycles. The molecule has 0 amide bonds. The number of hydrogen-bond donors (Lipinski definition) is 2. The number of carboxylic acid groups (broad SMARTS) is 2. The summed E-state index contributed by atoms with van der Waals surface area (Å²) < 4.78 is 0. The quantitative estimate of drug-likeness (QED) is 0.523. The summed E-state index contributed by atoms with van der Waals surface area (Å²) in [5.41, 5.74) is 0. The molecule has 0 saturated heterocycles. The highest BCUT2D eigenvalue weighted by Gasteiger charge is 2.09. The maximum atomic E-state index is 10.5. The number of hydrogen-bond acceptors (Lipinski definition) is 2. The third-order valence-corrected chi connectivity index (χ3v) is 3.22. The highest BCUT2D eigenvalue weighted by molar-refractivity contribution is 5.66. The molecule has 0 aromatic heterocycles. The summed E-state index contributed by atoms with van der Waals surface area (Å²) in [6.07, 6.45) is 8.37. The van der Waals surface area contributed by atoms with Crippen LogP contribution in [0.25, 0.3) is 0 Å². The molecule has 0 aliphatic carbocycles. The molecule has 18 heavy (non-hydrogen) atoms. The Morgan fingerprint density at radius 2 is 1.33 bits per heavy atom. The number of carbonyl (C=O) groups is 2. The van der Waals surface area contributed by atoms with Crippen molar-refractivity contribution < 1.29 is 19.8 Å². The van der Waals surface area contributed by atoms with Crippen LogP contribution in [0, 0.1) is 5.92 Å². The predicted octanol–water partition coefficient (Wildman–Crippen LogP) is 3.69. The van der Waals surface area contributed by atoms with E-state index in [1.165, 1.54) is 6.42 Å². The van der Waals surface area contributed by atoms with Gasteiger partial charge in [0.25, 0.3) is 0 Å². The zero-order chi connectivity index (χ0) is 13.8. The second kappa shape index (κ2) is 11.1. The minimum absolute atomic E-state index is 0.246. The van der Waals surface area contributed by atoms with Crippen molar-refractivity contribution in [3.8, 4) is 0 Å². The Bertz CT molecular complexity index is 238. The normalized spacial score (nSPS) is 12.3. The zero-order valence-electron chi connectivity index (χ0n) is 11.4. The van der Waals surface area contributed by atoms with E-state index in [2.05, 4.69) is 6.92 Å². The van der Waals surface area contributed by atoms with Crippen molar-refractivity contribution in [2.24, 2.45) is 5.92 Å². The van der Waals surface area contributed by atoms with Crippen LogP contribution in [0.2, 0.25) is 0 Å². The number of rotatable bonds is 12. The van der Waals surface area contributed by atoms with E-state index >= 15 is 0 Å². The summed E-state index contributed by atoms with van der Waals surface area (Å²) in [5.74, 6) is -0.890. The van der Waals surface area contributed by atoms with Gasteiger partial charge in [0.1, 0.15) is 0 Å². The van der Waals surface area contributed by atoms with Crippen molar-refractivity contribution in [3.63, 3.8) is 0 Å². The van der Waals surface area contributed by atoms with Crippen LogP contribution in [0.4, 0.5) is 0 Å². The van der Waals surface area contributed by atoms with Crippen molar-refractivity contribution in [2.45, 2.75) is 71.1 Å². The highest BCUT2D eigenvalue weighted by atomic mass is 16.4. The molecule has 0 rings (SSSR count). The molecule has 1 unspecified atom stereocenters. The molecule has 0 fully saturated rings. The van der Waals surface area contributed by atoms with Gasteiger partial charge in [0.15, 0.2) is 0 Å². The van der Waals surface area contributed by atoms with Gasteiger partial charge in [0.2, 0.25) is 0 Å². The van der Waals surface area contributed by atoms with Crippen LogP contribution in [0.5, 0.6) is 0 Å². The van der Waals surface area contributed by atoms with E-state index in [0.29, 0.717) is 5.92 Å². The van der Waals surface area contributed by atoms with E-state index in [4.69, 9.17) is 10.2 Å². The first kappa shape index (κ1) is 16.9. The zero-order valence-corrected chi connectivity index (χ0v) is 11.4. The molecular weight excluding hydrogens is 232 g/mol. The third-order valence-electron chi connectivity index (χ3n) is 3.22. The lowest BCUT2D eigenvalue weighted by Crippen LogP contribution is -2.04. The van der Waals surface area contributed by atoms with E-state index in [-0.39, 0.29) is 12.8 Å². The molecule has 106 valence electrons. The molecule has 0 aliphatic heterocycles. The summed E-state index contributed by atoms with van der Waals surface area (Å²) in [4.78, 5) is 20.9. The van der Waals surface area contributed by atoms with Crippen molar-refractivity contribution in [3.05, 3.63) is 0 Å². The monoisotopic (exact) mass is 258 g/mol. The molecule has 2 N–H and O–H groups in total. The van der Waals surface area contributed by atoms with Crippen LogP contribution in [0.3, 0.4) is 0 Å². The molecule has 0 spiro atoms. The smallest absolute Gasteiger partial charge is 0.303 e. The van der Waals surface area contributed by atoms with Gasteiger partial charge in [0.05, 0.1) is 0 Å². The van der Waals surface area contributed by atoms with Gasteiger partial charge in [0, 0.05) is 12.8 Å². The third kappa shape index (κ3) is 11.4. The van der Waals surface area contributed by atoms with E-state index in [1.807, 2.05) is 0 Å². The predicted molar refractivity (Wildman–Crippen MR) is 70.6 cm³/mol. The fraction of sp³-hybridized carbons (Fsp3) is 0.857. The van der Waals surface area contributed by atoms with Crippen LogP contribution >= 0.6 is 0 Å². The van der Waals surface area contributed by atoms with Crippen LogP contribution in [-0.4, -0.2) is 22.2 Å². The molecule has 0 radical (unpaired) electrons. The second-order valence-electron chi connectivity index (χ2n) is 4.93. The largest absolute Gasteiger partial charge is 0.481 e. The first-order chi connectivity index (χ1) is 8.56. The van der Waals surface area contributed by atoms with Crippen molar-refractivity contribution >= 4 is 11.9 Å². The molecule has 0 aliphatic rings. The van der Waals surface area contributed by atoms with Gasteiger partial charge in [-0.15, -0.1) is 0 Å². The van der Waals surface area contributed by atoms with Gasteiger partial charge in [-0.05, 0) is 25.2 Å². The maximum absolute atomic E-state index is 10.5. The second-order valence-corrected chi connectivity index (χ2v) is 4.93. The van der Waals surface area contributed by atoms with Crippen LogP contribution in [0.1, 0.15) is 71.1 Å². The lowest BCUT2D eigenvalue weighted by molar-refractivity contribution is -0.138. The van der Waals surface area contributed by atoms with Gasteiger partial charge in [-0.2, -0.15) is 0 Å². The molecule has 0 aromatic rings. The summed E-state index contributed by atoms with van der Waals surface area (Å²) in [5, 5.41) is 17.2. The molecule has 1 atom stereocenters. The molecule has 0 heterocycles. The molecular formula is C14H26O4. The van der Waals surface area contributed by atoms with Crippen LogP contribution < -0.4 is 0 Å². The van der Waals surface area contributed by atoms with Gasteiger partial charge in [-0.3, -0.25) is 9.59 Å². The van der Waals surface area contributed by atoms with Crippen LogP contribution in [-0.2, 0) is 9.59 Å². The van der Waals surface area contributed by atoms with E-state index < -0.39 is 11.9 Å². The Morgan fingerprint density at radius 1 is 0.833 bits per heavy atom. The Labute approximate surface area is 109 Å². The Kier molecular flexibility index (Phi) is 10.4. The van der Waals surface area contributed by atoms with E-state index in [9.17, 15) is 9.59 Å². The SMILES string of the molecule is CCCCC(CCCCC(=O)O)CCCC(=O)O. The Morgan fingerprint density at radius 3 is 1.89 bits per heavy atom. The van der Waals surface area contributed by atoms with Gasteiger partial charge in [-0.25, -0.2) is 0 Å². The molecule has 0 aromatic carbocycles.